The first-order valence-corrected chi connectivity index (χ1v) is 7.65. The van der Waals surface area contributed by atoms with E-state index in [1.165, 1.54) is 17.8 Å². The van der Waals surface area contributed by atoms with E-state index in [1.54, 1.807) is 12.1 Å². The lowest BCUT2D eigenvalue weighted by Gasteiger charge is -2.18. The highest BCUT2D eigenvalue weighted by molar-refractivity contribution is 8.26. The van der Waals surface area contributed by atoms with Crippen molar-refractivity contribution in [2.75, 3.05) is 18.0 Å². The van der Waals surface area contributed by atoms with E-state index in [0.717, 1.165) is 25.9 Å². The second-order valence-electron chi connectivity index (χ2n) is 4.76. The van der Waals surface area contributed by atoms with Crippen LogP contribution in [-0.4, -0.2) is 23.3 Å². The molecule has 0 unspecified atom stereocenters. The van der Waals surface area contributed by atoms with E-state index in [0.29, 0.717) is 20.5 Å². The van der Waals surface area contributed by atoms with Crippen molar-refractivity contribution in [2.24, 2.45) is 0 Å². The molecule has 2 fully saturated rings. The molecule has 2 aliphatic heterocycles. The second kappa shape index (κ2) is 5.54. The van der Waals surface area contributed by atoms with Gasteiger partial charge in [0, 0.05) is 13.1 Å². The van der Waals surface area contributed by atoms with Crippen molar-refractivity contribution in [2.45, 2.75) is 12.8 Å². The van der Waals surface area contributed by atoms with E-state index in [4.69, 9.17) is 12.2 Å². The molecule has 0 aromatic heterocycles. The van der Waals surface area contributed by atoms with Gasteiger partial charge in [-0.15, -0.1) is 0 Å². The van der Waals surface area contributed by atoms with Gasteiger partial charge in [0.2, 0.25) is 0 Å². The number of hydrogen-bond acceptors (Lipinski definition) is 4. The Morgan fingerprint density at radius 1 is 1.35 bits per heavy atom. The molecule has 0 saturated carbocycles. The molecule has 0 spiro atoms. The summed E-state index contributed by atoms with van der Waals surface area (Å²) < 4.78 is 14.6. The SMILES string of the molecule is O=C1NC(=S)S/C1=C/c1ccc(N2CCCC2)c(F)c1. The fraction of sp³-hybridized carbons (Fsp3) is 0.286. The number of nitrogens with one attached hydrogen (secondary N) is 1. The average molecular weight is 308 g/mol. The van der Waals surface area contributed by atoms with Gasteiger partial charge in [0.1, 0.15) is 10.1 Å². The standard InChI is InChI=1S/C14H13FN2OS2/c15-10-7-9(8-12-13(18)16-14(19)20-12)3-4-11(10)17-5-1-2-6-17/h3-4,7-8H,1-2,5-6H2,(H,16,18,19)/b12-8+. The highest BCUT2D eigenvalue weighted by Crippen LogP contribution is 2.28. The fourth-order valence-electron chi connectivity index (χ4n) is 2.40. The van der Waals surface area contributed by atoms with Crippen molar-refractivity contribution in [3.05, 3.63) is 34.5 Å². The maximum atomic E-state index is 14.1. The summed E-state index contributed by atoms with van der Waals surface area (Å²) >= 11 is 6.12. The van der Waals surface area contributed by atoms with Crippen molar-refractivity contribution >= 4 is 46.0 Å². The number of hydrogen-bond donors (Lipinski definition) is 1. The summed E-state index contributed by atoms with van der Waals surface area (Å²) in [7, 11) is 0. The van der Waals surface area contributed by atoms with E-state index >= 15 is 0 Å². The third kappa shape index (κ3) is 2.71. The maximum absolute atomic E-state index is 14.1. The van der Waals surface area contributed by atoms with Crippen molar-refractivity contribution in [3.8, 4) is 0 Å². The van der Waals surface area contributed by atoms with Crippen LogP contribution < -0.4 is 10.2 Å². The van der Waals surface area contributed by atoms with Gasteiger partial charge < -0.3 is 10.2 Å². The summed E-state index contributed by atoms with van der Waals surface area (Å²) in [4.78, 5) is 14.1. The molecule has 6 heteroatoms. The lowest BCUT2D eigenvalue weighted by atomic mass is 10.1. The Labute approximate surface area is 126 Å². The van der Waals surface area contributed by atoms with E-state index in [-0.39, 0.29) is 11.7 Å². The minimum absolute atomic E-state index is 0.218. The quantitative estimate of drug-likeness (QED) is 0.672. The van der Waals surface area contributed by atoms with Gasteiger partial charge in [0.15, 0.2) is 0 Å². The molecule has 20 heavy (non-hydrogen) atoms. The van der Waals surface area contributed by atoms with E-state index in [1.807, 2.05) is 6.07 Å². The molecule has 2 saturated heterocycles. The highest BCUT2D eigenvalue weighted by atomic mass is 32.2. The smallest absolute Gasteiger partial charge is 0.263 e. The number of carbonyl (C=O) groups is 1. The van der Waals surface area contributed by atoms with Gasteiger partial charge in [-0.3, -0.25) is 4.79 Å². The Kier molecular flexibility index (Phi) is 3.76. The van der Waals surface area contributed by atoms with Crippen LogP contribution in [0.15, 0.2) is 23.1 Å². The highest BCUT2D eigenvalue weighted by Gasteiger charge is 2.22. The van der Waals surface area contributed by atoms with Crippen LogP contribution in [0.2, 0.25) is 0 Å². The first-order chi connectivity index (χ1) is 9.63. The Morgan fingerprint density at radius 2 is 2.10 bits per heavy atom. The molecule has 1 N–H and O–H groups in total. The molecule has 2 aliphatic rings. The van der Waals surface area contributed by atoms with Crippen LogP contribution in [0.1, 0.15) is 18.4 Å². The van der Waals surface area contributed by atoms with Gasteiger partial charge in [0.25, 0.3) is 5.91 Å². The van der Waals surface area contributed by atoms with Crippen molar-refractivity contribution in [3.63, 3.8) is 0 Å². The molecular weight excluding hydrogens is 295 g/mol. The zero-order chi connectivity index (χ0) is 14.1. The molecule has 104 valence electrons. The number of rotatable bonds is 2. The number of thiocarbonyl (C=S) groups is 1. The molecule has 3 rings (SSSR count). The zero-order valence-electron chi connectivity index (χ0n) is 10.7. The first kappa shape index (κ1) is 13.6. The number of halogens is 1. The summed E-state index contributed by atoms with van der Waals surface area (Å²) in [5, 5.41) is 2.54. The van der Waals surface area contributed by atoms with Crippen LogP contribution in [0.4, 0.5) is 10.1 Å². The van der Waals surface area contributed by atoms with Crippen LogP contribution in [0.25, 0.3) is 6.08 Å². The summed E-state index contributed by atoms with van der Waals surface area (Å²) in [5.74, 6) is -0.462. The summed E-state index contributed by atoms with van der Waals surface area (Å²) in [6.07, 6.45) is 3.88. The van der Waals surface area contributed by atoms with Gasteiger partial charge in [0.05, 0.1) is 10.6 Å². The lowest BCUT2D eigenvalue weighted by molar-refractivity contribution is -0.115. The Morgan fingerprint density at radius 3 is 2.70 bits per heavy atom. The van der Waals surface area contributed by atoms with Gasteiger partial charge in [-0.1, -0.05) is 30.0 Å². The van der Waals surface area contributed by atoms with Gasteiger partial charge in [-0.2, -0.15) is 0 Å². The summed E-state index contributed by atoms with van der Waals surface area (Å²) in [6.45, 7) is 1.81. The molecule has 0 bridgehead atoms. The summed E-state index contributed by atoms with van der Waals surface area (Å²) in [6, 6.07) is 5.08. The zero-order valence-corrected chi connectivity index (χ0v) is 12.3. The van der Waals surface area contributed by atoms with Crippen molar-refractivity contribution in [1.82, 2.24) is 5.32 Å². The molecule has 0 aliphatic carbocycles. The molecule has 1 aromatic rings. The molecule has 0 atom stereocenters. The van der Waals surface area contributed by atoms with Crippen molar-refractivity contribution < 1.29 is 9.18 Å². The molecule has 2 heterocycles. The second-order valence-corrected chi connectivity index (χ2v) is 6.48. The Bertz CT molecular complexity index is 609. The van der Waals surface area contributed by atoms with E-state index in [9.17, 15) is 9.18 Å². The number of anilines is 1. The minimum Gasteiger partial charge on any atom is -0.369 e. The third-order valence-electron chi connectivity index (χ3n) is 3.36. The van der Waals surface area contributed by atoms with Crippen LogP contribution in [0.5, 0.6) is 0 Å². The summed E-state index contributed by atoms with van der Waals surface area (Å²) in [5.41, 5.74) is 1.32. The molecule has 1 amide bonds. The number of carbonyl (C=O) groups excluding carboxylic acids is 1. The maximum Gasteiger partial charge on any atom is 0.263 e. The number of benzene rings is 1. The average Bonchev–Trinajstić information content (AvgIpc) is 3.00. The van der Waals surface area contributed by atoms with E-state index < -0.39 is 0 Å². The van der Waals surface area contributed by atoms with Crippen LogP contribution >= 0.6 is 24.0 Å². The van der Waals surface area contributed by atoms with Gasteiger partial charge in [-0.25, -0.2) is 4.39 Å². The molecule has 3 nitrogen and oxygen atoms in total. The Hall–Kier alpha value is -1.40. The molecule has 1 aromatic carbocycles. The largest absolute Gasteiger partial charge is 0.369 e. The van der Waals surface area contributed by atoms with Crippen LogP contribution in [-0.2, 0) is 4.79 Å². The van der Waals surface area contributed by atoms with Gasteiger partial charge >= 0.3 is 0 Å². The monoisotopic (exact) mass is 308 g/mol. The fourth-order valence-corrected chi connectivity index (χ4v) is 3.44. The number of amides is 1. The first-order valence-electron chi connectivity index (χ1n) is 6.43. The Balaban J connectivity index is 1.85. The molecular formula is C14H13FN2OS2. The van der Waals surface area contributed by atoms with Crippen LogP contribution in [0.3, 0.4) is 0 Å². The predicted octanol–water partition coefficient (Wildman–Crippen LogP) is 2.91. The predicted molar refractivity (Wildman–Crippen MR) is 84.2 cm³/mol. The normalized spacial score (nSPS) is 20.9. The lowest BCUT2D eigenvalue weighted by Crippen LogP contribution is -2.19. The number of thioether (sulfide) groups is 1. The van der Waals surface area contributed by atoms with Gasteiger partial charge in [-0.05, 0) is 36.6 Å². The topological polar surface area (TPSA) is 32.3 Å². The number of nitrogens with zero attached hydrogens (tertiary/aromatic N) is 1. The van der Waals surface area contributed by atoms with Crippen LogP contribution in [0, 0.1) is 5.82 Å². The van der Waals surface area contributed by atoms with Crippen molar-refractivity contribution in [1.29, 1.82) is 0 Å². The minimum atomic E-state index is -0.243. The van der Waals surface area contributed by atoms with E-state index in [2.05, 4.69) is 10.2 Å². The molecule has 0 radical (unpaired) electrons. The third-order valence-corrected chi connectivity index (χ3v) is 4.52.